The first-order valence-corrected chi connectivity index (χ1v) is 4.77. The smallest absolute Gasteiger partial charge is 0.258 e. The maximum Gasteiger partial charge on any atom is 0.326 e. The van der Waals surface area contributed by atoms with E-state index in [9.17, 15) is 23.3 Å². The molecule has 0 fully saturated rings. The fourth-order valence-corrected chi connectivity index (χ4v) is 1.37. The highest BCUT2D eigenvalue weighted by atomic mass is 79.9. The Balaban J connectivity index is 3.37. The lowest BCUT2D eigenvalue weighted by Crippen LogP contribution is -2.03. The van der Waals surface area contributed by atoms with E-state index in [0.29, 0.717) is 6.07 Å². The van der Waals surface area contributed by atoms with Crippen LogP contribution >= 0.6 is 15.9 Å². The number of aromatic nitrogens is 1. The van der Waals surface area contributed by atoms with Crippen LogP contribution in [0, 0.1) is 15.9 Å². The van der Waals surface area contributed by atoms with Crippen LogP contribution in [0.2, 0.25) is 0 Å². The van der Waals surface area contributed by atoms with Gasteiger partial charge < -0.3 is 0 Å². The number of nitro groups is 1. The Kier molecular flexibility index (Phi) is 3.61. The Morgan fingerprint density at radius 3 is 2.60 bits per heavy atom. The maximum atomic E-state index is 13.1. The van der Waals surface area contributed by atoms with Gasteiger partial charge in [-0.15, -0.1) is 0 Å². The van der Waals surface area contributed by atoms with Crippen LogP contribution in [-0.2, 0) is 5.33 Å². The third-order valence-electron chi connectivity index (χ3n) is 1.57. The molecule has 0 amide bonds. The minimum atomic E-state index is -2.96. The fourth-order valence-electron chi connectivity index (χ4n) is 0.975. The van der Waals surface area contributed by atoms with Gasteiger partial charge in [-0.25, -0.2) is 13.8 Å². The van der Waals surface area contributed by atoms with Gasteiger partial charge >= 0.3 is 5.69 Å². The number of hydrogen-bond donors (Lipinski definition) is 0. The van der Waals surface area contributed by atoms with Gasteiger partial charge in [-0.1, -0.05) is 15.9 Å². The Morgan fingerprint density at radius 1 is 1.60 bits per heavy atom. The summed E-state index contributed by atoms with van der Waals surface area (Å²) >= 11 is 2.82. The summed E-state index contributed by atoms with van der Waals surface area (Å²) in [6.45, 7) is 0. The van der Waals surface area contributed by atoms with Gasteiger partial charge in [0.05, 0.1) is 10.3 Å². The van der Waals surface area contributed by atoms with E-state index in [4.69, 9.17) is 0 Å². The van der Waals surface area contributed by atoms with Crippen molar-refractivity contribution < 1.29 is 18.1 Å². The molecule has 82 valence electrons. The molecule has 1 heterocycles. The van der Waals surface area contributed by atoms with Gasteiger partial charge in [-0.3, -0.25) is 10.1 Å². The topological polar surface area (TPSA) is 56.0 Å². The van der Waals surface area contributed by atoms with Crippen molar-refractivity contribution >= 4 is 21.6 Å². The van der Waals surface area contributed by atoms with Gasteiger partial charge in [0.1, 0.15) is 11.4 Å². The zero-order valence-corrected chi connectivity index (χ0v) is 8.67. The molecule has 0 aliphatic carbocycles. The molecular weight excluding hydrogens is 281 g/mol. The predicted molar refractivity (Wildman–Crippen MR) is 48.4 cm³/mol. The van der Waals surface area contributed by atoms with Crippen LogP contribution < -0.4 is 0 Å². The SMILES string of the molecule is O=[N+]([O-])c1c(F)cc(C(F)F)nc1CBr. The van der Waals surface area contributed by atoms with Crippen LogP contribution in [0.4, 0.5) is 18.9 Å². The van der Waals surface area contributed by atoms with E-state index in [0.717, 1.165) is 0 Å². The molecule has 1 aromatic heterocycles. The highest BCUT2D eigenvalue weighted by Gasteiger charge is 2.24. The Labute approximate surface area is 90.4 Å². The number of hydrogen-bond acceptors (Lipinski definition) is 3. The highest BCUT2D eigenvalue weighted by molar-refractivity contribution is 9.08. The summed E-state index contributed by atoms with van der Waals surface area (Å²) in [5.41, 5.74) is -2.04. The third-order valence-corrected chi connectivity index (χ3v) is 2.10. The zero-order chi connectivity index (χ0) is 11.6. The van der Waals surface area contributed by atoms with Crippen molar-refractivity contribution in [3.63, 3.8) is 0 Å². The van der Waals surface area contributed by atoms with Crippen molar-refractivity contribution in [1.29, 1.82) is 0 Å². The van der Waals surface area contributed by atoms with Crippen molar-refractivity contribution in [3.05, 3.63) is 33.4 Å². The summed E-state index contributed by atoms with van der Waals surface area (Å²) in [6, 6.07) is 0.370. The second-order valence-corrected chi connectivity index (χ2v) is 3.08. The van der Waals surface area contributed by atoms with Crippen LogP contribution in [0.15, 0.2) is 6.07 Å². The Bertz CT molecular complexity index is 400. The van der Waals surface area contributed by atoms with Crippen LogP contribution in [0.3, 0.4) is 0 Å². The molecule has 0 aromatic carbocycles. The molecule has 0 atom stereocenters. The fraction of sp³-hybridized carbons (Fsp3) is 0.286. The van der Waals surface area contributed by atoms with Crippen LogP contribution in [0.25, 0.3) is 0 Å². The monoisotopic (exact) mass is 284 g/mol. The largest absolute Gasteiger partial charge is 0.326 e. The summed E-state index contributed by atoms with van der Waals surface area (Å²) < 4.78 is 37.4. The van der Waals surface area contributed by atoms with Gasteiger partial charge in [0.25, 0.3) is 6.43 Å². The van der Waals surface area contributed by atoms with E-state index in [1.807, 2.05) is 0 Å². The first-order valence-electron chi connectivity index (χ1n) is 3.65. The van der Waals surface area contributed by atoms with Crippen LogP contribution in [-0.4, -0.2) is 9.91 Å². The van der Waals surface area contributed by atoms with Crippen LogP contribution in [0.1, 0.15) is 17.8 Å². The van der Waals surface area contributed by atoms with Crippen molar-refractivity contribution in [2.24, 2.45) is 0 Å². The minimum Gasteiger partial charge on any atom is -0.258 e. The first kappa shape index (κ1) is 11.9. The van der Waals surface area contributed by atoms with E-state index in [1.165, 1.54) is 0 Å². The summed E-state index contributed by atoms with van der Waals surface area (Å²) in [6.07, 6.45) is -2.96. The average Bonchev–Trinajstić information content (AvgIpc) is 2.15. The molecule has 0 aliphatic heterocycles. The Morgan fingerprint density at radius 2 is 2.20 bits per heavy atom. The van der Waals surface area contributed by atoms with Crippen LogP contribution in [0.5, 0.6) is 0 Å². The van der Waals surface area contributed by atoms with Gasteiger partial charge in [0, 0.05) is 6.07 Å². The molecule has 15 heavy (non-hydrogen) atoms. The molecule has 0 saturated carbocycles. The average molecular weight is 285 g/mol. The van der Waals surface area contributed by atoms with E-state index in [2.05, 4.69) is 20.9 Å². The molecule has 0 spiro atoms. The lowest BCUT2D eigenvalue weighted by atomic mass is 10.2. The summed E-state index contributed by atoms with van der Waals surface area (Å²) in [7, 11) is 0. The third kappa shape index (κ3) is 2.44. The first-order chi connectivity index (χ1) is 6.97. The number of halogens is 4. The predicted octanol–water partition coefficient (Wildman–Crippen LogP) is 2.96. The second kappa shape index (κ2) is 4.56. The van der Waals surface area contributed by atoms with Gasteiger partial charge in [-0.05, 0) is 0 Å². The van der Waals surface area contributed by atoms with Crippen molar-refractivity contribution in [2.45, 2.75) is 11.8 Å². The molecule has 0 saturated heterocycles. The molecule has 0 radical (unpaired) electrons. The lowest BCUT2D eigenvalue weighted by Gasteiger charge is -2.03. The van der Waals surface area contributed by atoms with Crippen molar-refractivity contribution in [3.8, 4) is 0 Å². The summed E-state index contributed by atoms with van der Waals surface area (Å²) in [5, 5.41) is 10.2. The zero-order valence-electron chi connectivity index (χ0n) is 7.08. The number of nitrogens with zero attached hydrogens (tertiary/aromatic N) is 2. The quantitative estimate of drug-likeness (QED) is 0.487. The second-order valence-electron chi connectivity index (χ2n) is 2.52. The van der Waals surface area contributed by atoms with E-state index < -0.39 is 28.5 Å². The molecule has 0 unspecified atom stereocenters. The number of pyridine rings is 1. The van der Waals surface area contributed by atoms with E-state index in [1.54, 1.807) is 0 Å². The number of rotatable bonds is 3. The maximum absolute atomic E-state index is 13.1. The minimum absolute atomic E-state index is 0.166. The van der Waals surface area contributed by atoms with E-state index in [-0.39, 0.29) is 11.0 Å². The molecule has 4 nitrogen and oxygen atoms in total. The van der Waals surface area contributed by atoms with Crippen molar-refractivity contribution in [1.82, 2.24) is 4.98 Å². The molecule has 0 N–H and O–H groups in total. The molecular formula is C7H4BrF3N2O2. The molecule has 8 heteroatoms. The summed E-state index contributed by atoms with van der Waals surface area (Å²) in [5.74, 6) is -1.31. The summed E-state index contributed by atoms with van der Waals surface area (Å²) in [4.78, 5) is 12.7. The molecule has 1 aromatic rings. The standard InChI is InChI=1S/C7H4BrF3N2O2/c8-2-5-6(13(14)15)3(9)1-4(12-5)7(10)11/h1,7H,2H2. The Hall–Kier alpha value is -1.18. The molecule has 0 aliphatic rings. The van der Waals surface area contributed by atoms with E-state index >= 15 is 0 Å². The van der Waals surface area contributed by atoms with Gasteiger partial charge in [0.2, 0.25) is 5.82 Å². The van der Waals surface area contributed by atoms with Crippen molar-refractivity contribution in [2.75, 3.05) is 0 Å². The number of alkyl halides is 3. The van der Waals surface area contributed by atoms with Gasteiger partial charge in [-0.2, -0.15) is 4.39 Å². The molecule has 1 rings (SSSR count). The molecule has 0 bridgehead atoms. The van der Waals surface area contributed by atoms with Gasteiger partial charge in [0.15, 0.2) is 0 Å². The lowest BCUT2D eigenvalue weighted by molar-refractivity contribution is -0.388. The normalized spacial score (nSPS) is 10.7. The highest BCUT2D eigenvalue weighted by Crippen LogP contribution is 2.27.